The predicted molar refractivity (Wildman–Crippen MR) is 105 cm³/mol. The average molecular weight is 374 g/mol. The summed E-state index contributed by atoms with van der Waals surface area (Å²) in [7, 11) is 1.59. The normalized spacial score (nSPS) is 10.8. The van der Waals surface area contributed by atoms with Gasteiger partial charge in [0.05, 0.1) is 5.69 Å². The summed E-state index contributed by atoms with van der Waals surface area (Å²) in [5, 5.41) is 16.9. The van der Waals surface area contributed by atoms with Crippen molar-refractivity contribution >= 4 is 11.6 Å². The van der Waals surface area contributed by atoms with Crippen molar-refractivity contribution in [3.8, 4) is 22.6 Å². The van der Waals surface area contributed by atoms with Crippen LogP contribution in [-0.2, 0) is 11.3 Å². The van der Waals surface area contributed by atoms with Crippen LogP contribution in [0.25, 0.3) is 22.6 Å². The number of hydrogen-bond donors (Lipinski definition) is 3. The minimum absolute atomic E-state index is 0.276. The van der Waals surface area contributed by atoms with Crippen LogP contribution in [0.1, 0.15) is 16.3 Å². The molecule has 1 amide bonds. The Morgan fingerprint density at radius 1 is 1.00 bits per heavy atom. The van der Waals surface area contributed by atoms with Crippen molar-refractivity contribution in [3.63, 3.8) is 0 Å². The molecule has 2 aromatic heterocycles. The fourth-order valence-electron chi connectivity index (χ4n) is 2.75. The molecule has 0 unspecified atom stereocenters. The molecule has 0 saturated heterocycles. The van der Waals surface area contributed by atoms with Crippen LogP contribution in [0.2, 0.25) is 0 Å². The maximum Gasteiger partial charge on any atom is 0.273 e. The van der Waals surface area contributed by atoms with Gasteiger partial charge in [-0.15, -0.1) is 0 Å². The molecule has 0 atom stereocenters. The molecule has 0 aliphatic heterocycles. The zero-order valence-corrected chi connectivity index (χ0v) is 15.1. The lowest BCUT2D eigenvalue weighted by Crippen LogP contribution is -2.12. The third kappa shape index (κ3) is 3.81. The number of benzene rings is 2. The first kappa shape index (κ1) is 17.6. The lowest BCUT2D eigenvalue weighted by molar-refractivity contribution is 0.102. The van der Waals surface area contributed by atoms with Gasteiger partial charge in [-0.3, -0.25) is 15.0 Å². The Labute approximate surface area is 161 Å². The second kappa shape index (κ2) is 7.85. The molecule has 8 heteroatoms. The van der Waals surface area contributed by atoms with E-state index in [0.717, 1.165) is 11.1 Å². The van der Waals surface area contributed by atoms with Crippen molar-refractivity contribution < 1.29 is 9.53 Å². The maximum atomic E-state index is 12.6. The van der Waals surface area contributed by atoms with E-state index in [-0.39, 0.29) is 5.91 Å². The van der Waals surface area contributed by atoms with Gasteiger partial charge in [0.1, 0.15) is 12.3 Å². The van der Waals surface area contributed by atoms with Gasteiger partial charge in [0.2, 0.25) is 0 Å². The lowest BCUT2D eigenvalue weighted by atomic mass is 10.1. The minimum atomic E-state index is -0.276. The monoisotopic (exact) mass is 374 g/mol. The number of nitrogens with zero attached hydrogens (tertiary/aromatic N) is 3. The molecule has 0 aliphatic carbocycles. The molecule has 0 fully saturated rings. The first-order valence-corrected chi connectivity index (χ1v) is 8.66. The minimum Gasteiger partial charge on any atom is -0.377 e. The van der Waals surface area contributed by atoms with E-state index in [9.17, 15) is 4.79 Å². The second-order valence-electron chi connectivity index (χ2n) is 6.11. The summed E-state index contributed by atoms with van der Waals surface area (Å²) in [5.74, 6) is 0.899. The Balaban J connectivity index is 1.50. The van der Waals surface area contributed by atoms with E-state index in [4.69, 9.17) is 4.74 Å². The Hall–Kier alpha value is -3.78. The van der Waals surface area contributed by atoms with Gasteiger partial charge in [0.25, 0.3) is 5.91 Å². The van der Waals surface area contributed by atoms with Crippen molar-refractivity contribution in [2.24, 2.45) is 0 Å². The van der Waals surface area contributed by atoms with E-state index in [2.05, 4.69) is 30.7 Å². The second-order valence-corrected chi connectivity index (χ2v) is 6.11. The molecule has 8 nitrogen and oxygen atoms in total. The molecule has 0 saturated carbocycles. The fraction of sp³-hybridized carbons (Fsp3) is 0.100. The molecule has 0 radical (unpaired) electrons. The van der Waals surface area contributed by atoms with Gasteiger partial charge in [0.15, 0.2) is 11.6 Å². The van der Waals surface area contributed by atoms with Crippen LogP contribution in [0.3, 0.4) is 0 Å². The molecule has 140 valence electrons. The smallest absolute Gasteiger partial charge is 0.273 e. The van der Waals surface area contributed by atoms with Crippen molar-refractivity contribution in [1.29, 1.82) is 0 Å². The van der Waals surface area contributed by atoms with E-state index < -0.39 is 0 Å². The quantitative estimate of drug-likeness (QED) is 0.480. The molecule has 0 bridgehead atoms. The third-order valence-corrected chi connectivity index (χ3v) is 4.08. The van der Waals surface area contributed by atoms with E-state index in [1.54, 1.807) is 19.2 Å². The topological polar surface area (TPSA) is 109 Å². The molecule has 0 aliphatic rings. The van der Waals surface area contributed by atoms with Crippen LogP contribution < -0.4 is 5.32 Å². The number of aromatic amines is 2. The number of ether oxygens (including phenoxy) is 1. The number of carbonyl (C=O) groups excluding carboxylic acids is 1. The molecule has 4 aromatic rings. The number of carbonyl (C=O) groups is 1. The highest BCUT2D eigenvalue weighted by atomic mass is 16.5. The van der Waals surface area contributed by atoms with Crippen molar-refractivity contribution in [2.75, 3.05) is 12.4 Å². The number of hydrogen-bond acceptors (Lipinski definition) is 5. The van der Waals surface area contributed by atoms with Gasteiger partial charge in [-0.05, 0) is 18.2 Å². The Morgan fingerprint density at radius 3 is 2.64 bits per heavy atom. The van der Waals surface area contributed by atoms with E-state index in [1.165, 1.54) is 0 Å². The lowest BCUT2D eigenvalue weighted by Gasteiger charge is -2.04. The highest BCUT2D eigenvalue weighted by molar-refractivity contribution is 6.03. The van der Waals surface area contributed by atoms with Crippen molar-refractivity contribution in [2.45, 2.75) is 6.61 Å². The first-order chi connectivity index (χ1) is 13.7. The van der Waals surface area contributed by atoms with Crippen LogP contribution >= 0.6 is 0 Å². The van der Waals surface area contributed by atoms with E-state index in [0.29, 0.717) is 35.3 Å². The summed E-state index contributed by atoms with van der Waals surface area (Å²) >= 11 is 0. The van der Waals surface area contributed by atoms with Gasteiger partial charge >= 0.3 is 0 Å². The SMILES string of the molecule is COCc1nc(-c2cccc(NC(=O)c3cc(-c4ccccc4)n[nH]3)c2)n[nH]1. The zero-order valence-electron chi connectivity index (χ0n) is 15.1. The van der Waals surface area contributed by atoms with Crippen molar-refractivity contribution in [3.05, 3.63) is 72.2 Å². The van der Waals surface area contributed by atoms with E-state index in [1.807, 2.05) is 48.5 Å². The highest BCUT2D eigenvalue weighted by Gasteiger charge is 2.12. The molecular formula is C20H18N6O2. The number of nitrogens with one attached hydrogen (secondary N) is 3. The number of rotatable bonds is 6. The largest absolute Gasteiger partial charge is 0.377 e. The Bertz CT molecular complexity index is 1090. The van der Waals surface area contributed by atoms with Gasteiger partial charge in [0, 0.05) is 23.9 Å². The standard InChI is InChI=1S/C20H18N6O2/c1-28-12-18-22-19(26-25-18)14-8-5-9-15(10-14)21-20(27)17-11-16(23-24-17)13-6-3-2-4-7-13/h2-11H,12H2,1H3,(H,21,27)(H,23,24)(H,22,25,26). The number of methoxy groups -OCH3 is 1. The Morgan fingerprint density at radius 2 is 1.82 bits per heavy atom. The zero-order chi connectivity index (χ0) is 19.3. The summed E-state index contributed by atoms with van der Waals surface area (Å²) in [5.41, 5.74) is 3.45. The number of H-pyrrole nitrogens is 2. The molecule has 4 rings (SSSR count). The molecule has 28 heavy (non-hydrogen) atoms. The van der Waals surface area contributed by atoms with Crippen LogP contribution in [0.5, 0.6) is 0 Å². The van der Waals surface area contributed by atoms with Crippen LogP contribution in [0, 0.1) is 0 Å². The molecule has 0 spiro atoms. The van der Waals surface area contributed by atoms with Gasteiger partial charge in [-0.1, -0.05) is 42.5 Å². The maximum absolute atomic E-state index is 12.6. The summed E-state index contributed by atoms with van der Waals surface area (Å²) in [6, 6.07) is 18.7. The van der Waals surface area contributed by atoms with Crippen LogP contribution in [0.15, 0.2) is 60.7 Å². The first-order valence-electron chi connectivity index (χ1n) is 8.66. The van der Waals surface area contributed by atoms with Gasteiger partial charge in [-0.25, -0.2) is 4.98 Å². The summed E-state index contributed by atoms with van der Waals surface area (Å²) in [4.78, 5) is 16.9. The third-order valence-electron chi connectivity index (χ3n) is 4.08. The average Bonchev–Trinajstić information content (AvgIpc) is 3.39. The predicted octanol–water partition coefficient (Wildman–Crippen LogP) is 3.26. The molecule has 3 N–H and O–H groups in total. The fourth-order valence-corrected chi connectivity index (χ4v) is 2.75. The summed E-state index contributed by atoms with van der Waals surface area (Å²) in [6.45, 7) is 0.354. The van der Waals surface area contributed by atoms with Crippen LogP contribution in [0.4, 0.5) is 5.69 Å². The highest BCUT2D eigenvalue weighted by Crippen LogP contribution is 2.21. The van der Waals surface area contributed by atoms with Gasteiger partial charge < -0.3 is 10.1 Å². The summed E-state index contributed by atoms with van der Waals surface area (Å²) < 4.78 is 5.04. The number of anilines is 1. The Kier molecular flexibility index (Phi) is 4.94. The van der Waals surface area contributed by atoms with Crippen molar-refractivity contribution in [1.82, 2.24) is 25.4 Å². The number of aromatic nitrogens is 5. The molecule has 2 aromatic carbocycles. The van der Waals surface area contributed by atoms with Crippen LogP contribution in [-0.4, -0.2) is 38.4 Å². The van der Waals surface area contributed by atoms with E-state index >= 15 is 0 Å². The molecule has 2 heterocycles. The molecular weight excluding hydrogens is 356 g/mol. The van der Waals surface area contributed by atoms with Gasteiger partial charge in [-0.2, -0.15) is 10.2 Å². The number of amides is 1. The summed E-state index contributed by atoms with van der Waals surface area (Å²) in [6.07, 6.45) is 0.